The fourth-order valence-corrected chi connectivity index (χ4v) is 7.80. The molecule has 0 amide bonds. The lowest BCUT2D eigenvalue weighted by molar-refractivity contribution is 0.112. The summed E-state index contributed by atoms with van der Waals surface area (Å²) in [6, 6.07) is 11.2. The van der Waals surface area contributed by atoms with Crippen LogP contribution in [0.3, 0.4) is 0 Å². The minimum Gasteiger partial charge on any atom is -0.298 e. The largest absolute Gasteiger partial charge is 0.298 e. The molecule has 3 aromatic heterocycles. The molecule has 0 aromatic carbocycles. The molecule has 2 aliphatic carbocycles. The van der Waals surface area contributed by atoms with Gasteiger partial charge in [0.1, 0.15) is 0 Å². The van der Waals surface area contributed by atoms with Gasteiger partial charge >= 0.3 is 0 Å². The van der Waals surface area contributed by atoms with Crippen molar-refractivity contribution in [3.63, 3.8) is 0 Å². The van der Waals surface area contributed by atoms with Crippen molar-refractivity contribution in [1.82, 2.24) is 0 Å². The summed E-state index contributed by atoms with van der Waals surface area (Å²) in [5, 5.41) is 0. The van der Waals surface area contributed by atoms with Crippen LogP contribution in [0.5, 0.6) is 0 Å². The van der Waals surface area contributed by atoms with E-state index in [1.54, 1.807) is 11.3 Å². The molecule has 0 saturated heterocycles. The molecular formula is C22H22OS3. The summed E-state index contributed by atoms with van der Waals surface area (Å²) in [7, 11) is 0. The van der Waals surface area contributed by atoms with Crippen LogP contribution in [0.15, 0.2) is 30.3 Å². The molecule has 0 radical (unpaired) electrons. The quantitative estimate of drug-likeness (QED) is 0.399. The highest BCUT2D eigenvalue weighted by molar-refractivity contribution is 7.26. The molecule has 5 rings (SSSR count). The maximum Gasteiger partial charge on any atom is 0.151 e. The van der Waals surface area contributed by atoms with Gasteiger partial charge in [0.15, 0.2) is 6.29 Å². The van der Waals surface area contributed by atoms with E-state index in [-0.39, 0.29) is 0 Å². The number of carbonyl (C=O) groups is 1. The van der Waals surface area contributed by atoms with Crippen LogP contribution < -0.4 is 0 Å². The normalized spacial score (nSPS) is 18.3. The summed E-state index contributed by atoms with van der Waals surface area (Å²) in [5.74, 6) is 1.53. The lowest BCUT2D eigenvalue weighted by Crippen LogP contribution is -2.06. The SMILES string of the molecule is O=Cc1cc(-c2ccc(C3CCCC3)s2)sc1-c1ccc(C2CCC2)s1. The first-order valence-corrected chi connectivity index (χ1v) is 12.1. The van der Waals surface area contributed by atoms with Crippen molar-refractivity contribution < 1.29 is 4.79 Å². The predicted molar refractivity (Wildman–Crippen MR) is 114 cm³/mol. The Morgan fingerprint density at radius 2 is 1.35 bits per heavy atom. The number of aldehydes is 1. The van der Waals surface area contributed by atoms with E-state index in [9.17, 15) is 4.79 Å². The fraction of sp³-hybridized carbons (Fsp3) is 0.409. The van der Waals surface area contributed by atoms with Gasteiger partial charge in [0.25, 0.3) is 0 Å². The van der Waals surface area contributed by atoms with Crippen molar-refractivity contribution in [3.05, 3.63) is 45.6 Å². The van der Waals surface area contributed by atoms with E-state index in [0.717, 1.165) is 28.6 Å². The second kappa shape index (κ2) is 7.06. The molecule has 4 heteroatoms. The van der Waals surface area contributed by atoms with Crippen LogP contribution in [-0.2, 0) is 0 Å². The molecule has 0 unspecified atom stereocenters. The lowest BCUT2D eigenvalue weighted by Gasteiger charge is -2.23. The van der Waals surface area contributed by atoms with E-state index in [1.165, 1.54) is 69.3 Å². The Morgan fingerprint density at radius 3 is 1.96 bits per heavy atom. The van der Waals surface area contributed by atoms with Crippen molar-refractivity contribution in [2.24, 2.45) is 0 Å². The van der Waals surface area contributed by atoms with Gasteiger partial charge in [0.05, 0.1) is 4.88 Å². The van der Waals surface area contributed by atoms with Gasteiger partial charge in [-0.15, -0.1) is 34.0 Å². The summed E-state index contributed by atoms with van der Waals surface area (Å²) in [6.45, 7) is 0. The fourth-order valence-electron chi connectivity index (χ4n) is 4.11. The van der Waals surface area contributed by atoms with Gasteiger partial charge in [-0.3, -0.25) is 4.79 Å². The summed E-state index contributed by atoms with van der Waals surface area (Å²) in [5.41, 5.74) is 0.850. The molecule has 2 aliphatic rings. The molecule has 134 valence electrons. The molecule has 0 atom stereocenters. The van der Waals surface area contributed by atoms with E-state index in [0.29, 0.717) is 0 Å². The van der Waals surface area contributed by atoms with E-state index < -0.39 is 0 Å². The van der Waals surface area contributed by atoms with Gasteiger partial charge in [0, 0.05) is 29.9 Å². The first-order chi connectivity index (χ1) is 12.8. The Hall–Kier alpha value is -1.23. The number of thiophene rings is 3. The second-order valence-electron chi connectivity index (χ2n) is 7.53. The second-order valence-corrected chi connectivity index (χ2v) is 10.8. The third-order valence-corrected chi connectivity index (χ3v) is 9.90. The van der Waals surface area contributed by atoms with Gasteiger partial charge in [-0.05, 0) is 67.9 Å². The monoisotopic (exact) mass is 398 g/mol. The molecule has 0 spiro atoms. The molecule has 0 N–H and O–H groups in total. The molecule has 3 aromatic rings. The Kier molecular flexibility index (Phi) is 4.59. The Bertz CT molecular complexity index is 919. The van der Waals surface area contributed by atoms with Crippen LogP contribution in [0.25, 0.3) is 19.5 Å². The highest BCUT2D eigenvalue weighted by Gasteiger charge is 2.23. The molecule has 2 fully saturated rings. The van der Waals surface area contributed by atoms with Crippen LogP contribution in [0.2, 0.25) is 0 Å². The molecule has 2 saturated carbocycles. The van der Waals surface area contributed by atoms with Crippen LogP contribution in [0.1, 0.15) is 76.9 Å². The Balaban J connectivity index is 1.45. The number of hydrogen-bond donors (Lipinski definition) is 0. The zero-order valence-electron chi connectivity index (χ0n) is 14.7. The van der Waals surface area contributed by atoms with Crippen molar-refractivity contribution in [1.29, 1.82) is 0 Å². The maximum atomic E-state index is 11.7. The first-order valence-electron chi connectivity index (χ1n) is 9.61. The van der Waals surface area contributed by atoms with E-state index in [1.807, 2.05) is 22.7 Å². The minimum absolute atomic E-state index is 0.763. The van der Waals surface area contributed by atoms with Gasteiger partial charge < -0.3 is 0 Å². The molecular weight excluding hydrogens is 376 g/mol. The highest BCUT2D eigenvalue weighted by atomic mass is 32.1. The van der Waals surface area contributed by atoms with Crippen molar-refractivity contribution in [2.45, 2.75) is 56.8 Å². The van der Waals surface area contributed by atoms with Crippen LogP contribution in [0.4, 0.5) is 0 Å². The Labute approximate surface area is 166 Å². The zero-order chi connectivity index (χ0) is 17.5. The first kappa shape index (κ1) is 16.9. The third-order valence-electron chi connectivity index (χ3n) is 5.87. The van der Waals surface area contributed by atoms with Crippen molar-refractivity contribution >= 4 is 40.3 Å². The minimum atomic E-state index is 0.763. The summed E-state index contributed by atoms with van der Waals surface area (Å²) >= 11 is 5.61. The highest BCUT2D eigenvalue weighted by Crippen LogP contribution is 2.47. The third kappa shape index (κ3) is 3.02. The number of carbonyl (C=O) groups excluding carboxylic acids is 1. The summed E-state index contributed by atoms with van der Waals surface area (Å²) in [4.78, 5) is 19.7. The zero-order valence-corrected chi connectivity index (χ0v) is 17.2. The molecule has 0 bridgehead atoms. The maximum absolute atomic E-state index is 11.7. The van der Waals surface area contributed by atoms with Gasteiger partial charge in [-0.2, -0.15) is 0 Å². The smallest absolute Gasteiger partial charge is 0.151 e. The van der Waals surface area contributed by atoms with Gasteiger partial charge in [-0.25, -0.2) is 0 Å². The molecule has 0 aliphatic heterocycles. The van der Waals surface area contributed by atoms with Crippen molar-refractivity contribution in [2.75, 3.05) is 0 Å². The van der Waals surface area contributed by atoms with Crippen LogP contribution in [0, 0.1) is 0 Å². The number of hydrogen-bond acceptors (Lipinski definition) is 4. The van der Waals surface area contributed by atoms with Crippen LogP contribution in [-0.4, -0.2) is 6.29 Å². The van der Waals surface area contributed by atoms with Gasteiger partial charge in [0.2, 0.25) is 0 Å². The lowest BCUT2D eigenvalue weighted by atomic mass is 9.84. The number of rotatable bonds is 5. The topological polar surface area (TPSA) is 17.1 Å². The summed E-state index contributed by atoms with van der Waals surface area (Å²) in [6.07, 6.45) is 10.5. The standard InChI is InChI=1S/C22H22OS3/c23-13-16-12-21(19-10-8-17(24-19)14-4-1-2-5-14)26-22(16)20-11-9-18(25-20)15-6-3-7-15/h8-15H,1-7H2. The van der Waals surface area contributed by atoms with Gasteiger partial charge in [-0.1, -0.05) is 19.3 Å². The van der Waals surface area contributed by atoms with E-state index in [4.69, 9.17) is 0 Å². The predicted octanol–water partition coefficient (Wildman–Crippen LogP) is 7.94. The van der Waals surface area contributed by atoms with Crippen LogP contribution >= 0.6 is 34.0 Å². The van der Waals surface area contributed by atoms with E-state index in [2.05, 4.69) is 30.3 Å². The average Bonchev–Trinajstić information content (AvgIpc) is 3.35. The average molecular weight is 399 g/mol. The Morgan fingerprint density at radius 1 is 0.731 bits per heavy atom. The van der Waals surface area contributed by atoms with E-state index >= 15 is 0 Å². The van der Waals surface area contributed by atoms with Crippen molar-refractivity contribution in [3.8, 4) is 19.5 Å². The summed E-state index contributed by atoms with van der Waals surface area (Å²) < 4.78 is 0. The molecule has 3 heterocycles. The molecule has 1 nitrogen and oxygen atoms in total. The molecule has 26 heavy (non-hydrogen) atoms.